The van der Waals surface area contributed by atoms with Crippen LogP contribution in [0.15, 0.2) is 42.5 Å². The molecule has 1 nitrogen and oxygen atoms in total. The molecule has 0 amide bonds. The number of allylic oxidation sites excluding steroid dienone is 2. The van der Waals surface area contributed by atoms with Crippen molar-refractivity contribution in [2.45, 2.75) is 32.4 Å². The molecule has 0 heterocycles. The van der Waals surface area contributed by atoms with Crippen molar-refractivity contribution >= 4 is 5.71 Å². The first-order valence-electron chi connectivity index (χ1n) is 5.52. The minimum absolute atomic E-state index is 0.201. The number of rotatable bonds is 5. The van der Waals surface area contributed by atoms with Crippen LogP contribution in [0.25, 0.3) is 0 Å². The van der Waals surface area contributed by atoms with Crippen LogP contribution in [0.1, 0.15) is 31.7 Å². The summed E-state index contributed by atoms with van der Waals surface area (Å²) in [5, 5.41) is 7.18. The Bertz CT molecular complexity index is 356. The van der Waals surface area contributed by atoms with E-state index in [2.05, 4.69) is 0 Å². The molecule has 0 aliphatic rings. The van der Waals surface area contributed by atoms with E-state index in [0.717, 1.165) is 5.56 Å². The van der Waals surface area contributed by atoms with Crippen LogP contribution in [-0.2, 0) is 0 Å². The molecule has 0 aliphatic carbocycles. The van der Waals surface area contributed by atoms with E-state index in [4.69, 9.17) is 5.41 Å². The highest BCUT2D eigenvalue weighted by atomic mass is 19.1. The Hall–Kier alpha value is -1.44. The lowest BCUT2D eigenvalue weighted by Gasteiger charge is -2.12. The Morgan fingerprint density at radius 1 is 1.38 bits per heavy atom. The summed E-state index contributed by atoms with van der Waals surface area (Å²) in [6.07, 6.45) is 2.47. The van der Waals surface area contributed by atoms with E-state index in [1.165, 1.54) is 12.2 Å². The van der Waals surface area contributed by atoms with Crippen LogP contribution in [0.4, 0.5) is 4.39 Å². The van der Waals surface area contributed by atoms with Gasteiger partial charge in [0, 0.05) is 5.71 Å². The first kappa shape index (κ1) is 12.6. The summed E-state index contributed by atoms with van der Waals surface area (Å²) in [5.41, 5.74) is 1.54. The molecule has 16 heavy (non-hydrogen) atoms. The molecule has 1 rings (SSSR count). The summed E-state index contributed by atoms with van der Waals surface area (Å²) in [6, 6.07) is 9.93. The molecule has 0 fully saturated rings. The molecule has 1 aromatic rings. The van der Waals surface area contributed by atoms with Crippen molar-refractivity contribution in [3.05, 3.63) is 48.0 Å². The molecule has 0 aromatic heterocycles. The molecule has 2 unspecified atom stereocenters. The fraction of sp³-hybridized carbons (Fsp3) is 0.357. The molecule has 1 aromatic carbocycles. The summed E-state index contributed by atoms with van der Waals surface area (Å²) < 4.78 is 13.5. The first-order chi connectivity index (χ1) is 7.59. The van der Waals surface area contributed by atoms with Gasteiger partial charge >= 0.3 is 0 Å². The fourth-order valence-electron chi connectivity index (χ4n) is 1.58. The Morgan fingerprint density at radius 2 is 2.00 bits per heavy atom. The van der Waals surface area contributed by atoms with Gasteiger partial charge in [-0.05, 0) is 37.0 Å². The minimum atomic E-state index is -0.976. The summed E-state index contributed by atoms with van der Waals surface area (Å²) in [7, 11) is 0. The third kappa shape index (κ3) is 4.39. The largest absolute Gasteiger partial charge is 0.306 e. The van der Waals surface area contributed by atoms with Crippen LogP contribution in [0.3, 0.4) is 0 Å². The van der Waals surface area contributed by atoms with Crippen LogP contribution < -0.4 is 0 Å². The molecule has 1 N–H and O–H groups in total. The van der Waals surface area contributed by atoms with E-state index in [1.54, 1.807) is 6.92 Å². The van der Waals surface area contributed by atoms with Crippen LogP contribution in [0, 0.1) is 5.41 Å². The van der Waals surface area contributed by atoms with Crippen molar-refractivity contribution in [2.24, 2.45) is 0 Å². The topological polar surface area (TPSA) is 23.9 Å². The van der Waals surface area contributed by atoms with Crippen LogP contribution in [0.2, 0.25) is 0 Å². The number of hydrogen-bond acceptors (Lipinski definition) is 1. The highest BCUT2D eigenvalue weighted by Gasteiger charge is 2.10. The number of nitrogens with one attached hydrogen (secondary N) is 1. The zero-order valence-electron chi connectivity index (χ0n) is 9.78. The van der Waals surface area contributed by atoms with Crippen molar-refractivity contribution in [3.8, 4) is 0 Å². The fourth-order valence-corrected chi connectivity index (χ4v) is 1.58. The Balaban J connectivity index is 2.52. The van der Waals surface area contributed by atoms with Crippen molar-refractivity contribution in [3.63, 3.8) is 0 Å². The van der Waals surface area contributed by atoms with Crippen LogP contribution >= 0.6 is 0 Å². The Labute approximate surface area is 96.5 Å². The number of hydrogen-bond donors (Lipinski definition) is 1. The number of benzene rings is 1. The lowest BCUT2D eigenvalue weighted by molar-refractivity contribution is 0.359. The summed E-state index contributed by atoms with van der Waals surface area (Å²) >= 11 is 0. The van der Waals surface area contributed by atoms with E-state index in [-0.39, 0.29) is 5.92 Å². The maximum absolute atomic E-state index is 13.5. The van der Waals surface area contributed by atoms with Gasteiger partial charge in [0.2, 0.25) is 0 Å². The van der Waals surface area contributed by atoms with Crippen LogP contribution in [-0.4, -0.2) is 11.9 Å². The lowest BCUT2D eigenvalue weighted by atomic mass is 9.95. The van der Waals surface area contributed by atoms with Gasteiger partial charge in [-0.1, -0.05) is 37.3 Å². The second-order valence-electron chi connectivity index (χ2n) is 4.11. The van der Waals surface area contributed by atoms with E-state index >= 15 is 0 Å². The average molecular weight is 219 g/mol. The molecule has 2 atom stereocenters. The average Bonchev–Trinajstić information content (AvgIpc) is 2.27. The molecule has 86 valence electrons. The molecule has 0 spiro atoms. The third-order valence-corrected chi connectivity index (χ3v) is 2.50. The lowest BCUT2D eigenvalue weighted by Crippen LogP contribution is -2.03. The van der Waals surface area contributed by atoms with Gasteiger partial charge in [-0.2, -0.15) is 0 Å². The SMILES string of the molecule is CC(=N)/C=C/C(F)CC(C)c1ccccc1. The van der Waals surface area contributed by atoms with E-state index < -0.39 is 6.17 Å². The number of alkyl halides is 1. The molecular weight excluding hydrogens is 201 g/mol. The summed E-state index contributed by atoms with van der Waals surface area (Å²) in [6.45, 7) is 3.66. The molecule has 0 bridgehead atoms. The zero-order valence-corrected chi connectivity index (χ0v) is 9.78. The molecule has 2 heteroatoms. The second kappa shape index (κ2) is 6.21. The van der Waals surface area contributed by atoms with Gasteiger partial charge in [-0.15, -0.1) is 0 Å². The van der Waals surface area contributed by atoms with Gasteiger partial charge in [0.05, 0.1) is 0 Å². The smallest absolute Gasteiger partial charge is 0.119 e. The predicted octanol–water partition coefficient (Wildman–Crippen LogP) is 4.11. The van der Waals surface area contributed by atoms with Gasteiger partial charge < -0.3 is 5.41 Å². The van der Waals surface area contributed by atoms with E-state index in [0.29, 0.717) is 12.1 Å². The van der Waals surface area contributed by atoms with Gasteiger partial charge in [0.15, 0.2) is 0 Å². The molecule has 0 radical (unpaired) electrons. The molecule has 0 saturated carbocycles. The third-order valence-electron chi connectivity index (χ3n) is 2.50. The monoisotopic (exact) mass is 219 g/mol. The van der Waals surface area contributed by atoms with Crippen molar-refractivity contribution in [1.29, 1.82) is 5.41 Å². The van der Waals surface area contributed by atoms with Gasteiger partial charge in [0.1, 0.15) is 6.17 Å². The van der Waals surface area contributed by atoms with E-state index in [1.807, 2.05) is 37.3 Å². The zero-order chi connectivity index (χ0) is 12.0. The maximum Gasteiger partial charge on any atom is 0.119 e. The van der Waals surface area contributed by atoms with Gasteiger partial charge in [-0.25, -0.2) is 4.39 Å². The number of halogens is 1. The highest BCUT2D eigenvalue weighted by molar-refractivity contribution is 5.89. The van der Waals surface area contributed by atoms with Gasteiger partial charge in [0.25, 0.3) is 0 Å². The van der Waals surface area contributed by atoms with Crippen LogP contribution in [0.5, 0.6) is 0 Å². The molecular formula is C14H18FN. The van der Waals surface area contributed by atoms with Gasteiger partial charge in [-0.3, -0.25) is 0 Å². The minimum Gasteiger partial charge on any atom is -0.306 e. The van der Waals surface area contributed by atoms with Crippen molar-refractivity contribution in [2.75, 3.05) is 0 Å². The standard InChI is InChI=1S/C14H18FN/c1-11(13-6-4-3-5-7-13)10-14(15)9-8-12(2)16/h3-9,11,14,16H,10H2,1-2H3/b9-8+,16-12?. The molecule has 0 aliphatic heterocycles. The first-order valence-corrected chi connectivity index (χ1v) is 5.52. The maximum atomic E-state index is 13.5. The van der Waals surface area contributed by atoms with E-state index in [9.17, 15) is 4.39 Å². The summed E-state index contributed by atoms with van der Waals surface area (Å²) in [4.78, 5) is 0. The highest BCUT2D eigenvalue weighted by Crippen LogP contribution is 2.21. The Kier molecular flexibility index (Phi) is 4.90. The van der Waals surface area contributed by atoms with Crippen molar-refractivity contribution < 1.29 is 4.39 Å². The Morgan fingerprint density at radius 3 is 2.56 bits per heavy atom. The second-order valence-corrected chi connectivity index (χ2v) is 4.11. The predicted molar refractivity (Wildman–Crippen MR) is 66.9 cm³/mol. The quantitative estimate of drug-likeness (QED) is 0.720. The van der Waals surface area contributed by atoms with Crippen molar-refractivity contribution in [1.82, 2.24) is 0 Å². The summed E-state index contributed by atoms with van der Waals surface area (Å²) in [5.74, 6) is 0.201. The normalized spacial score (nSPS) is 14.9. The molecule has 0 saturated heterocycles.